The Balaban J connectivity index is 2.02. The summed E-state index contributed by atoms with van der Waals surface area (Å²) in [6.45, 7) is 2.45. The summed E-state index contributed by atoms with van der Waals surface area (Å²) in [5, 5.41) is 11.6. The maximum atomic E-state index is 12.9. The Morgan fingerprint density at radius 3 is 2.54 bits per heavy atom. The molecule has 4 amide bonds. The minimum atomic E-state index is -0.852. The number of carbonyl (C=O) groups excluding carboxylic acids is 3. The fourth-order valence-electron chi connectivity index (χ4n) is 2.62. The Morgan fingerprint density at radius 2 is 1.86 bits per heavy atom. The first-order valence-electron chi connectivity index (χ1n) is 8.53. The van der Waals surface area contributed by atoms with Crippen molar-refractivity contribution in [3.63, 3.8) is 0 Å². The number of carbonyl (C=O) groups is 3. The van der Waals surface area contributed by atoms with Gasteiger partial charge < -0.3 is 9.84 Å². The van der Waals surface area contributed by atoms with Crippen molar-refractivity contribution in [2.75, 3.05) is 11.5 Å². The van der Waals surface area contributed by atoms with Crippen LogP contribution < -0.4 is 15.0 Å². The van der Waals surface area contributed by atoms with Crippen LogP contribution in [0.15, 0.2) is 52.5 Å². The number of hydrogen-bond acceptors (Lipinski definition) is 5. The van der Waals surface area contributed by atoms with Crippen LogP contribution in [0.5, 0.6) is 11.5 Å². The molecule has 2 aromatic carbocycles. The molecule has 0 spiro atoms. The summed E-state index contributed by atoms with van der Waals surface area (Å²) in [7, 11) is 0. The van der Waals surface area contributed by atoms with Crippen molar-refractivity contribution in [3.8, 4) is 11.5 Å². The third-order valence-corrected chi connectivity index (χ3v) is 4.44. The lowest BCUT2D eigenvalue weighted by Crippen LogP contribution is -2.54. The predicted octanol–water partition coefficient (Wildman–Crippen LogP) is 3.61. The average molecular weight is 445 g/mol. The first-order chi connectivity index (χ1) is 13.4. The van der Waals surface area contributed by atoms with Crippen LogP contribution in [-0.4, -0.2) is 29.6 Å². The lowest BCUT2D eigenvalue weighted by atomic mass is 10.1. The number of nitrogens with one attached hydrogen (secondary N) is 1. The van der Waals surface area contributed by atoms with Gasteiger partial charge in [-0.25, -0.2) is 9.69 Å². The van der Waals surface area contributed by atoms with Crippen LogP contribution in [0.1, 0.15) is 18.9 Å². The summed E-state index contributed by atoms with van der Waals surface area (Å²) in [6, 6.07) is 9.92. The van der Waals surface area contributed by atoms with Crippen molar-refractivity contribution in [2.45, 2.75) is 13.3 Å². The van der Waals surface area contributed by atoms with Gasteiger partial charge in [0.25, 0.3) is 11.8 Å². The summed E-state index contributed by atoms with van der Waals surface area (Å²) >= 11 is 3.37. The monoisotopic (exact) mass is 444 g/mol. The molecule has 3 rings (SSSR count). The van der Waals surface area contributed by atoms with E-state index in [2.05, 4.69) is 21.2 Å². The lowest BCUT2D eigenvalue weighted by Gasteiger charge is -2.26. The zero-order valence-electron chi connectivity index (χ0n) is 14.9. The zero-order valence-corrected chi connectivity index (χ0v) is 16.5. The molecule has 8 heteroatoms. The van der Waals surface area contributed by atoms with Crippen LogP contribution >= 0.6 is 15.9 Å². The molecule has 0 aliphatic carbocycles. The van der Waals surface area contributed by atoms with Gasteiger partial charge in [-0.1, -0.05) is 22.9 Å². The van der Waals surface area contributed by atoms with E-state index in [1.807, 2.05) is 6.92 Å². The summed E-state index contributed by atoms with van der Waals surface area (Å²) in [5.74, 6) is -1.04. The fraction of sp³-hybridized carbons (Fsp3) is 0.150. The Labute approximate surface area is 169 Å². The Kier molecular flexibility index (Phi) is 5.79. The highest BCUT2D eigenvalue weighted by Gasteiger charge is 2.37. The van der Waals surface area contributed by atoms with Crippen LogP contribution in [0.3, 0.4) is 0 Å². The SMILES string of the molecule is CCCOc1ccc(Br)cc1/C=C1\C(=O)NC(=O)N(c2ccc(O)cc2)C1=O. The van der Waals surface area contributed by atoms with Gasteiger partial charge in [0.1, 0.15) is 17.1 Å². The maximum absolute atomic E-state index is 12.9. The first kappa shape index (κ1) is 19.6. The molecule has 1 heterocycles. The van der Waals surface area contributed by atoms with E-state index in [0.717, 1.165) is 15.8 Å². The molecular formula is C20H17BrN2O5. The highest BCUT2D eigenvalue weighted by atomic mass is 79.9. The number of aromatic hydroxyl groups is 1. The molecule has 0 unspecified atom stereocenters. The minimum Gasteiger partial charge on any atom is -0.508 e. The van der Waals surface area contributed by atoms with E-state index < -0.39 is 17.8 Å². The number of hydrogen-bond donors (Lipinski definition) is 2. The molecule has 2 N–H and O–H groups in total. The molecule has 1 aliphatic rings. The number of phenols is 1. The third-order valence-electron chi connectivity index (χ3n) is 3.94. The van der Waals surface area contributed by atoms with E-state index in [4.69, 9.17) is 4.74 Å². The van der Waals surface area contributed by atoms with Gasteiger partial charge in [0.15, 0.2) is 0 Å². The van der Waals surface area contributed by atoms with Gasteiger partial charge in [-0.15, -0.1) is 0 Å². The lowest BCUT2D eigenvalue weighted by molar-refractivity contribution is -0.122. The fourth-order valence-corrected chi connectivity index (χ4v) is 3.00. The number of anilines is 1. The van der Waals surface area contributed by atoms with Crippen LogP contribution in [0.4, 0.5) is 10.5 Å². The van der Waals surface area contributed by atoms with Crippen molar-refractivity contribution in [2.24, 2.45) is 0 Å². The number of nitrogens with zero attached hydrogens (tertiary/aromatic N) is 1. The summed E-state index contributed by atoms with van der Waals surface area (Å²) in [5.41, 5.74) is 0.559. The van der Waals surface area contributed by atoms with E-state index >= 15 is 0 Å². The Morgan fingerprint density at radius 1 is 1.14 bits per heavy atom. The summed E-state index contributed by atoms with van der Waals surface area (Å²) in [6.07, 6.45) is 2.20. The largest absolute Gasteiger partial charge is 0.508 e. The Bertz CT molecular complexity index is 969. The molecular weight excluding hydrogens is 428 g/mol. The van der Waals surface area contributed by atoms with Crippen molar-refractivity contribution in [3.05, 3.63) is 58.1 Å². The zero-order chi connectivity index (χ0) is 20.3. The highest BCUT2D eigenvalue weighted by molar-refractivity contribution is 9.10. The number of rotatable bonds is 5. The molecule has 1 saturated heterocycles. The van der Waals surface area contributed by atoms with Crippen LogP contribution in [0.25, 0.3) is 6.08 Å². The molecule has 0 saturated carbocycles. The third kappa shape index (κ3) is 4.07. The van der Waals surface area contributed by atoms with Gasteiger partial charge in [-0.3, -0.25) is 14.9 Å². The molecule has 2 aromatic rings. The predicted molar refractivity (Wildman–Crippen MR) is 107 cm³/mol. The van der Waals surface area contributed by atoms with Gasteiger partial charge in [-0.05, 0) is 55.0 Å². The molecule has 0 atom stereocenters. The number of ether oxygens (including phenoxy) is 1. The highest BCUT2D eigenvalue weighted by Crippen LogP contribution is 2.28. The standard InChI is InChI=1S/C20H17BrN2O5/c1-2-9-28-17-8-3-13(21)10-12(17)11-16-18(25)22-20(27)23(19(16)26)14-4-6-15(24)7-5-14/h3-8,10-11,24H,2,9H2,1H3,(H,22,25,27)/b16-11+. The van der Waals surface area contributed by atoms with Crippen LogP contribution in [0.2, 0.25) is 0 Å². The van der Waals surface area contributed by atoms with E-state index in [9.17, 15) is 19.5 Å². The number of urea groups is 1. The number of benzene rings is 2. The van der Waals surface area contributed by atoms with E-state index in [0.29, 0.717) is 17.9 Å². The van der Waals surface area contributed by atoms with Crippen molar-refractivity contribution in [1.29, 1.82) is 0 Å². The molecule has 7 nitrogen and oxygen atoms in total. The van der Waals surface area contributed by atoms with Gasteiger partial charge in [-0.2, -0.15) is 0 Å². The second kappa shape index (κ2) is 8.26. The number of imide groups is 2. The van der Waals surface area contributed by atoms with Gasteiger partial charge >= 0.3 is 6.03 Å². The van der Waals surface area contributed by atoms with Crippen molar-refractivity contribution >= 4 is 45.5 Å². The second-order valence-electron chi connectivity index (χ2n) is 6.00. The topological polar surface area (TPSA) is 95.9 Å². The summed E-state index contributed by atoms with van der Waals surface area (Å²) in [4.78, 5) is 38.3. The van der Waals surface area contributed by atoms with Crippen molar-refractivity contribution in [1.82, 2.24) is 5.32 Å². The van der Waals surface area contributed by atoms with Crippen molar-refractivity contribution < 1.29 is 24.2 Å². The van der Waals surface area contributed by atoms with E-state index in [1.54, 1.807) is 18.2 Å². The smallest absolute Gasteiger partial charge is 0.335 e. The van der Waals surface area contributed by atoms with Crippen LogP contribution in [-0.2, 0) is 9.59 Å². The molecule has 28 heavy (non-hydrogen) atoms. The van der Waals surface area contributed by atoms with Crippen LogP contribution in [0, 0.1) is 0 Å². The molecule has 1 aliphatic heterocycles. The normalized spacial score (nSPS) is 15.7. The molecule has 144 valence electrons. The number of barbiturate groups is 1. The molecule has 0 bridgehead atoms. The quantitative estimate of drug-likeness (QED) is 0.542. The summed E-state index contributed by atoms with van der Waals surface area (Å²) < 4.78 is 6.43. The average Bonchev–Trinajstić information content (AvgIpc) is 2.66. The minimum absolute atomic E-state index is 0.00712. The van der Waals surface area contributed by atoms with E-state index in [1.165, 1.54) is 30.3 Å². The van der Waals surface area contributed by atoms with Gasteiger partial charge in [0, 0.05) is 10.0 Å². The number of phenolic OH excluding ortho intramolecular Hbond substituents is 1. The van der Waals surface area contributed by atoms with Gasteiger partial charge in [0.05, 0.1) is 12.3 Å². The van der Waals surface area contributed by atoms with E-state index in [-0.39, 0.29) is 17.0 Å². The Hall–Kier alpha value is -3.13. The number of amides is 4. The molecule has 0 radical (unpaired) electrons. The second-order valence-corrected chi connectivity index (χ2v) is 6.92. The first-order valence-corrected chi connectivity index (χ1v) is 9.33. The molecule has 1 fully saturated rings. The number of halogens is 1. The van der Waals surface area contributed by atoms with Gasteiger partial charge in [0.2, 0.25) is 0 Å². The maximum Gasteiger partial charge on any atom is 0.335 e. The molecule has 0 aromatic heterocycles.